The molecule has 104 valence electrons. The molecule has 2 rings (SSSR count). The highest BCUT2D eigenvalue weighted by Crippen LogP contribution is 2.33. The molecule has 0 unspecified atom stereocenters. The van der Waals surface area contributed by atoms with Crippen LogP contribution in [0.4, 0.5) is 10.1 Å². The van der Waals surface area contributed by atoms with Crippen LogP contribution in [0.3, 0.4) is 0 Å². The van der Waals surface area contributed by atoms with Gasteiger partial charge in [0.15, 0.2) is 0 Å². The molecule has 0 bridgehead atoms. The van der Waals surface area contributed by atoms with Crippen LogP contribution in [0.5, 0.6) is 0 Å². The van der Waals surface area contributed by atoms with Gasteiger partial charge in [-0.1, -0.05) is 6.42 Å². The van der Waals surface area contributed by atoms with Crippen molar-refractivity contribution >= 4 is 11.6 Å². The molecule has 0 saturated heterocycles. The van der Waals surface area contributed by atoms with Gasteiger partial charge in [0.25, 0.3) is 0 Å². The summed E-state index contributed by atoms with van der Waals surface area (Å²) in [6.07, 6.45) is 3.02. The number of hydrogen-bond acceptors (Lipinski definition) is 2. The summed E-state index contributed by atoms with van der Waals surface area (Å²) in [6, 6.07) is 6.09. The van der Waals surface area contributed by atoms with Gasteiger partial charge in [-0.3, -0.25) is 4.79 Å². The Balaban J connectivity index is 2.17. The average molecular weight is 264 g/mol. The van der Waals surface area contributed by atoms with E-state index in [9.17, 15) is 9.18 Å². The lowest BCUT2D eigenvalue weighted by molar-refractivity contribution is -0.123. The van der Waals surface area contributed by atoms with E-state index in [1.807, 2.05) is 6.92 Å². The van der Waals surface area contributed by atoms with Crippen molar-refractivity contribution in [3.8, 4) is 0 Å². The quantitative estimate of drug-likeness (QED) is 0.908. The van der Waals surface area contributed by atoms with Crippen LogP contribution in [-0.2, 0) is 4.79 Å². The van der Waals surface area contributed by atoms with Gasteiger partial charge in [-0.25, -0.2) is 4.39 Å². The molecule has 1 saturated carbocycles. The summed E-state index contributed by atoms with van der Waals surface area (Å²) >= 11 is 0. The molecule has 0 aliphatic heterocycles. The Labute approximate surface area is 113 Å². The van der Waals surface area contributed by atoms with Crippen molar-refractivity contribution in [3.63, 3.8) is 0 Å². The van der Waals surface area contributed by atoms with Gasteiger partial charge in [-0.05, 0) is 56.5 Å². The van der Waals surface area contributed by atoms with Crippen molar-refractivity contribution in [2.24, 2.45) is 17.6 Å². The van der Waals surface area contributed by atoms with Crippen LogP contribution in [0.1, 0.15) is 26.2 Å². The molecular weight excluding hydrogens is 243 g/mol. The molecule has 0 heterocycles. The van der Waals surface area contributed by atoms with Crippen LogP contribution in [0.15, 0.2) is 24.3 Å². The van der Waals surface area contributed by atoms with Crippen LogP contribution in [0, 0.1) is 17.7 Å². The van der Waals surface area contributed by atoms with E-state index in [0.717, 1.165) is 24.9 Å². The molecule has 0 aromatic heterocycles. The van der Waals surface area contributed by atoms with Crippen molar-refractivity contribution in [2.75, 3.05) is 18.0 Å². The zero-order valence-corrected chi connectivity index (χ0v) is 11.3. The number of nitrogens with zero attached hydrogens (tertiary/aromatic N) is 1. The van der Waals surface area contributed by atoms with E-state index >= 15 is 0 Å². The van der Waals surface area contributed by atoms with Gasteiger partial charge < -0.3 is 10.6 Å². The number of halogens is 1. The van der Waals surface area contributed by atoms with Gasteiger partial charge in [0, 0.05) is 18.2 Å². The lowest BCUT2D eigenvalue weighted by atomic mass is 9.94. The standard InChI is InChI=1S/C15H21FN2O/c1-2-18(13-8-6-12(16)7-9-13)15(19)14-5-3-4-11(14)10-17/h6-9,11,14H,2-5,10,17H2,1H3/t11-,14-/m1/s1. The molecule has 1 aromatic carbocycles. The fourth-order valence-electron chi connectivity index (χ4n) is 2.93. The molecule has 1 fully saturated rings. The Bertz CT molecular complexity index is 432. The summed E-state index contributed by atoms with van der Waals surface area (Å²) in [7, 11) is 0. The zero-order valence-electron chi connectivity index (χ0n) is 11.3. The Morgan fingerprint density at radius 1 is 1.37 bits per heavy atom. The number of hydrogen-bond donors (Lipinski definition) is 1. The summed E-state index contributed by atoms with van der Waals surface area (Å²) in [6.45, 7) is 3.10. The lowest BCUT2D eigenvalue weighted by Crippen LogP contribution is -2.39. The third-order valence-electron chi connectivity index (χ3n) is 4.00. The highest BCUT2D eigenvalue weighted by Gasteiger charge is 2.34. The highest BCUT2D eigenvalue weighted by molar-refractivity contribution is 5.95. The number of rotatable bonds is 4. The Morgan fingerprint density at radius 3 is 2.63 bits per heavy atom. The van der Waals surface area contributed by atoms with Crippen molar-refractivity contribution in [1.82, 2.24) is 0 Å². The van der Waals surface area contributed by atoms with Gasteiger partial charge in [-0.2, -0.15) is 0 Å². The minimum absolute atomic E-state index is 0.0232. The van der Waals surface area contributed by atoms with Crippen molar-refractivity contribution in [3.05, 3.63) is 30.1 Å². The predicted octanol–water partition coefficient (Wildman–Crippen LogP) is 2.55. The van der Waals surface area contributed by atoms with E-state index in [1.54, 1.807) is 17.0 Å². The monoisotopic (exact) mass is 264 g/mol. The fourth-order valence-corrected chi connectivity index (χ4v) is 2.93. The molecule has 0 radical (unpaired) electrons. The van der Waals surface area contributed by atoms with Gasteiger partial charge in [0.1, 0.15) is 5.82 Å². The summed E-state index contributed by atoms with van der Waals surface area (Å²) in [5, 5.41) is 0. The van der Waals surface area contributed by atoms with Crippen LogP contribution in [0.2, 0.25) is 0 Å². The lowest BCUT2D eigenvalue weighted by Gasteiger charge is -2.27. The first kappa shape index (κ1) is 14.0. The van der Waals surface area contributed by atoms with E-state index < -0.39 is 0 Å². The largest absolute Gasteiger partial charge is 0.330 e. The number of nitrogens with two attached hydrogens (primary N) is 1. The summed E-state index contributed by atoms with van der Waals surface area (Å²) in [5.74, 6) is 0.159. The van der Waals surface area contributed by atoms with Gasteiger partial charge in [0.2, 0.25) is 5.91 Å². The second-order valence-electron chi connectivity index (χ2n) is 5.09. The molecule has 1 aliphatic rings. The Morgan fingerprint density at radius 2 is 2.05 bits per heavy atom. The molecule has 2 atom stereocenters. The van der Waals surface area contributed by atoms with Gasteiger partial charge in [0.05, 0.1) is 0 Å². The van der Waals surface area contributed by atoms with Gasteiger partial charge in [-0.15, -0.1) is 0 Å². The number of carbonyl (C=O) groups excluding carboxylic acids is 1. The molecule has 2 N–H and O–H groups in total. The topological polar surface area (TPSA) is 46.3 Å². The van der Waals surface area contributed by atoms with E-state index in [0.29, 0.717) is 19.0 Å². The van der Waals surface area contributed by atoms with E-state index in [4.69, 9.17) is 5.73 Å². The third kappa shape index (κ3) is 2.95. The van der Waals surface area contributed by atoms with E-state index in [1.165, 1.54) is 12.1 Å². The minimum Gasteiger partial charge on any atom is -0.330 e. The first-order chi connectivity index (χ1) is 9.17. The summed E-state index contributed by atoms with van der Waals surface area (Å²) in [5.41, 5.74) is 6.50. The number of amides is 1. The summed E-state index contributed by atoms with van der Waals surface area (Å²) in [4.78, 5) is 14.3. The molecule has 1 aromatic rings. The molecule has 19 heavy (non-hydrogen) atoms. The van der Waals surface area contributed by atoms with Crippen LogP contribution in [0.25, 0.3) is 0 Å². The molecule has 1 aliphatic carbocycles. The average Bonchev–Trinajstić information content (AvgIpc) is 2.90. The molecule has 3 nitrogen and oxygen atoms in total. The third-order valence-corrected chi connectivity index (χ3v) is 4.00. The Kier molecular flexibility index (Phi) is 4.53. The number of carbonyl (C=O) groups is 1. The SMILES string of the molecule is CCN(C(=O)[C@@H]1CCC[C@@H]1CN)c1ccc(F)cc1. The highest BCUT2D eigenvalue weighted by atomic mass is 19.1. The normalized spacial score (nSPS) is 22.5. The molecule has 1 amide bonds. The summed E-state index contributed by atoms with van der Waals surface area (Å²) < 4.78 is 13.0. The number of benzene rings is 1. The minimum atomic E-state index is -0.284. The number of anilines is 1. The second kappa shape index (κ2) is 6.15. The molecule has 0 spiro atoms. The maximum atomic E-state index is 13.0. The maximum absolute atomic E-state index is 13.0. The van der Waals surface area contributed by atoms with Crippen molar-refractivity contribution < 1.29 is 9.18 Å². The fraction of sp³-hybridized carbons (Fsp3) is 0.533. The molecule has 4 heteroatoms. The predicted molar refractivity (Wildman–Crippen MR) is 74.3 cm³/mol. The second-order valence-corrected chi connectivity index (χ2v) is 5.09. The van der Waals surface area contributed by atoms with Crippen LogP contribution >= 0.6 is 0 Å². The molecular formula is C15H21FN2O. The first-order valence-electron chi connectivity index (χ1n) is 6.94. The van der Waals surface area contributed by atoms with Crippen molar-refractivity contribution in [2.45, 2.75) is 26.2 Å². The van der Waals surface area contributed by atoms with Crippen LogP contribution < -0.4 is 10.6 Å². The smallest absolute Gasteiger partial charge is 0.230 e. The van der Waals surface area contributed by atoms with Crippen LogP contribution in [-0.4, -0.2) is 19.0 Å². The first-order valence-corrected chi connectivity index (χ1v) is 6.94. The van der Waals surface area contributed by atoms with E-state index in [-0.39, 0.29) is 17.6 Å². The zero-order chi connectivity index (χ0) is 13.8. The maximum Gasteiger partial charge on any atom is 0.230 e. The Hall–Kier alpha value is -1.42. The van der Waals surface area contributed by atoms with E-state index in [2.05, 4.69) is 0 Å². The van der Waals surface area contributed by atoms with Crippen molar-refractivity contribution in [1.29, 1.82) is 0 Å². The van der Waals surface area contributed by atoms with Gasteiger partial charge >= 0.3 is 0 Å².